The zero-order valence-corrected chi connectivity index (χ0v) is 17.5. The monoisotopic (exact) mass is 420 g/mol. The van der Waals surface area contributed by atoms with Crippen molar-refractivity contribution in [2.75, 3.05) is 19.0 Å². The second-order valence-electron chi connectivity index (χ2n) is 7.59. The van der Waals surface area contributed by atoms with E-state index in [9.17, 15) is 8.78 Å². The molecule has 0 saturated heterocycles. The number of halogens is 2. The quantitative estimate of drug-likeness (QED) is 0.433. The highest BCUT2D eigenvalue weighted by Crippen LogP contribution is 2.36. The van der Waals surface area contributed by atoms with Crippen LogP contribution in [0.2, 0.25) is 0 Å². The van der Waals surface area contributed by atoms with E-state index in [4.69, 9.17) is 9.72 Å². The lowest BCUT2D eigenvalue weighted by molar-refractivity contribution is 0.273. The van der Waals surface area contributed by atoms with Crippen molar-refractivity contribution in [3.8, 4) is 28.3 Å². The summed E-state index contributed by atoms with van der Waals surface area (Å²) >= 11 is 0. The lowest BCUT2D eigenvalue weighted by atomic mass is 10.0. The number of nitrogens with zero attached hydrogens (tertiary/aromatic N) is 3. The third-order valence-electron chi connectivity index (χ3n) is 4.75. The molecule has 0 radical (unpaired) electrons. The summed E-state index contributed by atoms with van der Waals surface area (Å²) in [5.74, 6) is 0.170. The minimum atomic E-state index is -0.903. The van der Waals surface area contributed by atoms with Gasteiger partial charge in [-0.05, 0) is 53.4 Å². The molecule has 0 bridgehead atoms. The van der Waals surface area contributed by atoms with Gasteiger partial charge in [0.1, 0.15) is 17.1 Å². The fourth-order valence-electron chi connectivity index (χ4n) is 3.22. The van der Waals surface area contributed by atoms with Crippen LogP contribution in [-0.2, 0) is 0 Å². The highest BCUT2D eigenvalue weighted by atomic mass is 19.2. The van der Waals surface area contributed by atoms with Gasteiger partial charge in [0.05, 0.1) is 6.61 Å². The van der Waals surface area contributed by atoms with E-state index < -0.39 is 11.6 Å². The lowest BCUT2D eigenvalue weighted by Gasteiger charge is -2.16. The molecule has 0 unspecified atom stereocenters. The molecule has 4 rings (SSSR count). The Morgan fingerprint density at radius 2 is 1.81 bits per heavy atom. The number of ether oxygens (including phenoxy) is 1. The highest BCUT2D eigenvalue weighted by Gasteiger charge is 2.16. The van der Waals surface area contributed by atoms with Crippen molar-refractivity contribution in [3.05, 3.63) is 66.5 Å². The maximum atomic E-state index is 13.9. The smallest absolute Gasteiger partial charge is 0.163 e. The van der Waals surface area contributed by atoms with Crippen molar-refractivity contribution in [1.29, 1.82) is 0 Å². The average molecular weight is 420 g/mol. The van der Waals surface area contributed by atoms with Crippen LogP contribution >= 0.6 is 0 Å². The maximum Gasteiger partial charge on any atom is 0.163 e. The highest BCUT2D eigenvalue weighted by molar-refractivity contribution is 5.97. The van der Waals surface area contributed by atoms with Gasteiger partial charge >= 0.3 is 0 Å². The van der Waals surface area contributed by atoms with E-state index in [2.05, 4.69) is 29.1 Å². The van der Waals surface area contributed by atoms with Crippen LogP contribution in [0.1, 0.15) is 13.8 Å². The molecule has 0 amide bonds. The number of aromatic nitrogens is 3. The molecule has 31 heavy (non-hydrogen) atoms. The topological polar surface area (TPSA) is 59.9 Å². The summed E-state index contributed by atoms with van der Waals surface area (Å²) in [5.41, 5.74) is 2.62. The number of benzene rings is 2. The normalized spacial score (nSPS) is 11.2. The van der Waals surface area contributed by atoms with E-state index in [-0.39, 0.29) is 0 Å². The number of hydrogen-bond donors (Lipinski definition) is 1. The molecule has 0 spiro atoms. The first-order valence-corrected chi connectivity index (χ1v) is 9.98. The first-order valence-electron chi connectivity index (χ1n) is 9.98. The van der Waals surface area contributed by atoms with Crippen LogP contribution in [0.3, 0.4) is 0 Å². The Labute approximate surface area is 179 Å². The summed E-state index contributed by atoms with van der Waals surface area (Å²) < 4.78 is 33.4. The number of fused-ring (bicyclic) bond motifs is 1. The number of anilines is 1. The van der Waals surface area contributed by atoms with Crippen molar-refractivity contribution in [1.82, 2.24) is 15.0 Å². The van der Waals surface area contributed by atoms with E-state index >= 15 is 0 Å². The van der Waals surface area contributed by atoms with Gasteiger partial charge in [-0.2, -0.15) is 0 Å². The van der Waals surface area contributed by atoms with Crippen molar-refractivity contribution in [2.24, 2.45) is 5.92 Å². The summed E-state index contributed by atoms with van der Waals surface area (Å²) in [6, 6.07) is 11.2. The molecule has 0 aliphatic heterocycles. The number of nitrogens with one attached hydrogen (secondary N) is 1. The van der Waals surface area contributed by atoms with Crippen LogP contribution in [0.5, 0.6) is 5.75 Å². The Hall–Kier alpha value is -3.61. The van der Waals surface area contributed by atoms with Crippen molar-refractivity contribution in [3.63, 3.8) is 0 Å². The molecular formula is C24H22F2N4O. The summed E-state index contributed by atoms with van der Waals surface area (Å²) in [6.45, 7) is 4.59. The van der Waals surface area contributed by atoms with Crippen LogP contribution in [-0.4, -0.2) is 28.6 Å². The molecule has 0 fully saturated rings. The average Bonchev–Trinajstić information content (AvgIpc) is 2.78. The summed E-state index contributed by atoms with van der Waals surface area (Å²) in [6.07, 6.45) is 3.39. The van der Waals surface area contributed by atoms with Gasteiger partial charge in [0.2, 0.25) is 0 Å². The molecule has 5 nitrogen and oxygen atoms in total. The van der Waals surface area contributed by atoms with Crippen molar-refractivity contribution in [2.45, 2.75) is 13.8 Å². The van der Waals surface area contributed by atoms with E-state index in [0.717, 1.165) is 17.0 Å². The van der Waals surface area contributed by atoms with E-state index in [1.165, 1.54) is 12.1 Å². The zero-order chi connectivity index (χ0) is 22.0. The number of pyridine rings is 1. The first kappa shape index (κ1) is 20.7. The molecule has 0 aliphatic rings. The minimum Gasteiger partial charge on any atom is -0.491 e. The van der Waals surface area contributed by atoms with E-state index in [0.29, 0.717) is 46.6 Å². The lowest BCUT2D eigenvalue weighted by Crippen LogP contribution is -2.07. The second kappa shape index (κ2) is 8.63. The fraction of sp³-hybridized carbons (Fsp3) is 0.208. The van der Waals surface area contributed by atoms with Gasteiger partial charge in [0, 0.05) is 30.4 Å². The molecule has 2 heterocycles. The van der Waals surface area contributed by atoms with Gasteiger partial charge in [0.25, 0.3) is 0 Å². The molecule has 0 atom stereocenters. The van der Waals surface area contributed by atoms with Crippen LogP contribution < -0.4 is 10.1 Å². The standard InChI is InChI=1S/C24H22F2N4O/c1-14(2)13-31-21-11-17(15-6-7-19(25)20(26)10-15)9-18-22(21)29-23(30-24(18)27-3)16-5-4-8-28-12-16/h4-12,14H,13H2,1-3H3,(H,27,29,30). The third kappa shape index (κ3) is 4.30. The second-order valence-corrected chi connectivity index (χ2v) is 7.59. The van der Waals surface area contributed by atoms with Gasteiger partial charge in [-0.3, -0.25) is 4.98 Å². The SMILES string of the molecule is CNc1nc(-c2cccnc2)nc2c(OCC(C)C)cc(-c3ccc(F)c(F)c3)cc12. The molecule has 158 valence electrons. The predicted octanol–water partition coefficient (Wildman–Crippen LogP) is 5.71. The molecule has 0 saturated carbocycles. The van der Waals surface area contributed by atoms with Gasteiger partial charge < -0.3 is 10.1 Å². The molecular weight excluding hydrogens is 398 g/mol. The number of hydrogen-bond acceptors (Lipinski definition) is 5. The summed E-state index contributed by atoms with van der Waals surface area (Å²) in [4.78, 5) is 13.5. The molecule has 7 heteroatoms. The summed E-state index contributed by atoms with van der Waals surface area (Å²) in [5, 5.41) is 3.83. The number of rotatable bonds is 6. The first-order chi connectivity index (χ1) is 15.0. The molecule has 0 aliphatic carbocycles. The van der Waals surface area contributed by atoms with Crippen molar-refractivity contribution >= 4 is 16.7 Å². The molecule has 2 aromatic heterocycles. The Morgan fingerprint density at radius 3 is 2.48 bits per heavy atom. The summed E-state index contributed by atoms with van der Waals surface area (Å²) in [7, 11) is 1.77. The van der Waals surface area contributed by atoms with Gasteiger partial charge in [-0.25, -0.2) is 18.7 Å². The maximum absolute atomic E-state index is 13.9. The minimum absolute atomic E-state index is 0.297. The third-order valence-corrected chi connectivity index (χ3v) is 4.75. The largest absolute Gasteiger partial charge is 0.491 e. The van der Waals surface area contributed by atoms with Crippen LogP contribution in [0, 0.1) is 17.6 Å². The Kier molecular flexibility index (Phi) is 5.75. The molecule has 2 aromatic carbocycles. The van der Waals surface area contributed by atoms with E-state index in [1.807, 2.05) is 18.2 Å². The van der Waals surface area contributed by atoms with Gasteiger partial charge in [-0.15, -0.1) is 0 Å². The van der Waals surface area contributed by atoms with Crippen LogP contribution in [0.4, 0.5) is 14.6 Å². The Morgan fingerprint density at radius 1 is 0.968 bits per heavy atom. The predicted molar refractivity (Wildman–Crippen MR) is 118 cm³/mol. The Bertz CT molecular complexity index is 1230. The molecule has 1 N–H and O–H groups in total. The Balaban J connectivity index is 1.95. The van der Waals surface area contributed by atoms with Crippen LogP contribution in [0.25, 0.3) is 33.4 Å². The van der Waals surface area contributed by atoms with Crippen LogP contribution in [0.15, 0.2) is 54.9 Å². The van der Waals surface area contributed by atoms with Crippen molar-refractivity contribution < 1.29 is 13.5 Å². The van der Waals surface area contributed by atoms with Gasteiger partial charge in [-0.1, -0.05) is 19.9 Å². The molecule has 4 aromatic rings. The fourth-order valence-corrected chi connectivity index (χ4v) is 3.22. The zero-order valence-electron chi connectivity index (χ0n) is 17.5. The van der Waals surface area contributed by atoms with E-state index in [1.54, 1.807) is 25.5 Å². The van der Waals surface area contributed by atoms with Gasteiger partial charge in [0.15, 0.2) is 17.5 Å².